The van der Waals surface area contributed by atoms with E-state index in [4.69, 9.17) is 5.73 Å². The first-order valence-electron chi connectivity index (χ1n) is 4.39. The van der Waals surface area contributed by atoms with E-state index in [1.165, 1.54) is 0 Å². The predicted molar refractivity (Wildman–Crippen MR) is 57.6 cm³/mol. The topological polar surface area (TPSA) is 46.2 Å². The second kappa shape index (κ2) is 4.63. The third-order valence-electron chi connectivity index (χ3n) is 1.99. The molecule has 13 heavy (non-hydrogen) atoms. The lowest BCUT2D eigenvalue weighted by molar-refractivity contribution is 0.458. The molecule has 3 N–H and O–H groups in total. The molecule has 0 heterocycles. The number of hydrogen-bond acceptors (Lipinski definition) is 2. The lowest BCUT2D eigenvalue weighted by atomic mass is 10.0. The van der Waals surface area contributed by atoms with Gasteiger partial charge < -0.3 is 10.8 Å². The number of halogens is 1. The van der Waals surface area contributed by atoms with Gasteiger partial charge in [-0.15, -0.1) is 0 Å². The minimum Gasteiger partial charge on any atom is -0.508 e. The van der Waals surface area contributed by atoms with Crippen molar-refractivity contribution in [2.75, 3.05) is 0 Å². The Morgan fingerprint density at radius 1 is 1.54 bits per heavy atom. The predicted octanol–water partition coefficient (Wildman–Crippen LogP) is 2.95. The molecule has 0 saturated carbocycles. The highest BCUT2D eigenvalue weighted by molar-refractivity contribution is 9.10. The van der Waals surface area contributed by atoms with Gasteiger partial charge in [-0.3, -0.25) is 0 Å². The van der Waals surface area contributed by atoms with Gasteiger partial charge in [0.05, 0.1) is 0 Å². The molecule has 0 spiro atoms. The van der Waals surface area contributed by atoms with Crippen molar-refractivity contribution in [1.29, 1.82) is 0 Å². The van der Waals surface area contributed by atoms with Crippen molar-refractivity contribution in [1.82, 2.24) is 0 Å². The Bertz CT molecular complexity index is 288. The summed E-state index contributed by atoms with van der Waals surface area (Å²) < 4.78 is 0.951. The van der Waals surface area contributed by atoms with E-state index in [-0.39, 0.29) is 11.8 Å². The molecular weight excluding hydrogens is 230 g/mol. The van der Waals surface area contributed by atoms with Crippen LogP contribution in [-0.2, 0) is 0 Å². The summed E-state index contributed by atoms with van der Waals surface area (Å²) in [6.45, 7) is 2.08. The van der Waals surface area contributed by atoms with Crippen molar-refractivity contribution in [3.8, 4) is 5.75 Å². The molecule has 0 saturated heterocycles. The number of benzene rings is 1. The molecule has 0 bridgehead atoms. The third-order valence-corrected chi connectivity index (χ3v) is 2.48. The number of hydrogen-bond donors (Lipinski definition) is 2. The number of rotatable bonds is 3. The van der Waals surface area contributed by atoms with Crippen LogP contribution in [0.15, 0.2) is 22.7 Å². The van der Waals surface area contributed by atoms with E-state index in [9.17, 15) is 5.11 Å². The lowest BCUT2D eigenvalue weighted by Crippen LogP contribution is -2.09. The van der Waals surface area contributed by atoms with Gasteiger partial charge in [-0.05, 0) is 24.6 Å². The van der Waals surface area contributed by atoms with E-state index in [1.807, 2.05) is 6.07 Å². The number of phenols is 1. The van der Waals surface area contributed by atoms with Gasteiger partial charge in [0, 0.05) is 16.1 Å². The minimum absolute atomic E-state index is 0.0671. The van der Waals surface area contributed by atoms with Crippen LogP contribution < -0.4 is 5.73 Å². The first-order chi connectivity index (χ1) is 6.15. The largest absolute Gasteiger partial charge is 0.508 e. The quantitative estimate of drug-likeness (QED) is 0.858. The molecule has 0 aromatic heterocycles. The van der Waals surface area contributed by atoms with Crippen molar-refractivity contribution < 1.29 is 5.11 Å². The second-order valence-electron chi connectivity index (χ2n) is 3.10. The van der Waals surface area contributed by atoms with Gasteiger partial charge >= 0.3 is 0 Å². The van der Waals surface area contributed by atoms with Crippen molar-refractivity contribution >= 4 is 15.9 Å². The van der Waals surface area contributed by atoms with Gasteiger partial charge in [-0.2, -0.15) is 0 Å². The van der Waals surface area contributed by atoms with Crippen LogP contribution in [0.3, 0.4) is 0 Å². The summed E-state index contributed by atoms with van der Waals surface area (Å²) in [6.07, 6.45) is 1.91. The molecular formula is C10H14BrNO. The molecule has 1 aromatic carbocycles. The SMILES string of the molecule is CCC[C@H](N)c1cc(Br)ccc1O. The van der Waals surface area contributed by atoms with Crippen LogP contribution in [0.2, 0.25) is 0 Å². The van der Waals surface area contributed by atoms with Gasteiger partial charge in [0.25, 0.3) is 0 Å². The first kappa shape index (κ1) is 10.5. The number of phenolic OH excluding ortho intramolecular Hbond substituents is 1. The van der Waals surface area contributed by atoms with Crippen LogP contribution in [0.5, 0.6) is 5.75 Å². The van der Waals surface area contributed by atoms with Crippen LogP contribution in [0.1, 0.15) is 31.4 Å². The Balaban J connectivity index is 2.91. The summed E-state index contributed by atoms with van der Waals surface area (Å²) in [5.74, 6) is 0.282. The maximum Gasteiger partial charge on any atom is 0.120 e. The van der Waals surface area contributed by atoms with E-state index in [1.54, 1.807) is 12.1 Å². The minimum atomic E-state index is -0.0671. The van der Waals surface area contributed by atoms with Gasteiger partial charge in [-0.25, -0.2) is 0 Å². The summed E-state index contributed by atoms with van der Waals surface area (Å²) in [7, 11) is 0. The lowest BCUT2D eigenvalue weighted by Gasteiger charge is -2.12. The summed E-state index contributed by atoms with van der Waals surface area (Å²) in [4.78, 5) is 0. The smallest absolute Gasteiger partial charge is 0.120 e. The van der Waals surface area contributed by atoms with E-state index in [0.717, 1.165) is 22.9 Å². The van der Waals surface area contributed by atoms with Crippen LogP contribution in [0.25, 0.3) is 0 Å². The Morgan fingerprint density at radius 2 is 2.23 bits per heavy atom. The Labute approximate surface area is 86.9 Å². The van der Waals surface area contributed by atoms with Crippen LogP contribution in [0, 0.1) is 0 Å². The van der Waals surface area contributed by atoms with Gasteiger partial charge in [0.1, 0.15) is 5.75 Å². The maximum absolute atomic E-state index is 9.53. The highest BCUT2D eigenvalue weighted by Gasteiger charge is 2.09. The third kappa shape index (κ3) is 2.71. The van der Waals surface area contributed by atoms with Crippen molar-refractivity contribution in [3.05, 3.63) is 28.2 Å². The average molecular weight is 244 g/mol. The fourth-order valence-corrected chi connectivity index (χ4v) is 1.67. The average Bonchev–Trinajstić information content (AvgIpc) is 2.09. The molecule has 0 aliphatic rings. The van der Waals surface area contributed by atoms with Crippen LogP contribution in [0.4, 0.5) is 0 Å². The van der Waals surface area contributed by atoms with Gasteiger partial charge in [-0.1, -0.05) is 29.3 Å². The maximum atomic E-state index is 9.53. The molecule has 1 atom stereocenters. The van der Waals surface area contributed by atoms with Crippen molar-refractivity contribution in [3.63, 3.8) is 0 Å². The summed E-state index contributed by atoms with van der Waals surface area (Å²) in [6, 6.07) is 5.27. The van der Waals surface area contributed by atoms with Gasteiger partial charge in [0.15, 0.2) is 0 Å². The zero-order valence-electron chi connectivity index (χ0n) is 7.63. The number of aromatic hydroxyl groups is 1. The molecule has 0 aliphatic carbocycles. The zero-order valence-corrected chi connectivity index (χ0v) is 9.21. The van der Waals surface area contributed by atoms with Crippen LogP contribution >= 0.6 is 15.9 Å². The molecule has 1 rings (SSSR count). The highest BCUT2D eigenvalue weighted by Crippen LogP contribution is 2.28. The molecule has 72 valence electrons. The molecule has 3 heteroatoms. The standard InChI is InChI=1S/C10H14BrNO/c1-2-3-9(12)8-6-7(11)4-5-10(8)13/h4-6,9,13H,2-3,12H2,1H3/t9-/m0/s1. The summed E-state index contributed by atoms with van der Waals surface area (Å²) >= 11 is 3.35. The molecule has 0 amide bonds. The molecule has 1 aromatic rings. The molecule has 0 aliphatic heterocycles. The summed E-state index contributed by atoms with van der Waals surface area (Å²) in [5, 5.41) is 9.53. The Hall–Kier alpha value is -0.540. The van der Waals surface area contributed by atoms with E-state index in [2.05, 4.69) is 22.9 Å². The van der Waals surface area contributed by atoms with E-state index in [0.29, 0.717) is 0 Å². The molecule has 0 fully saturated rings. The number of nitrogens with two attached hydrogens (primary N) is 1. The molecule has 2 nitrogen and oxygen atoms in total. The van der Waals surface area contributed by atoms with E-state index < -0.39 is 0 Å². The first-order valence-corrected chi connectivity index (χ1v) is 5.18. The van der Waals surface area contributed by atoms with Gasteiger partial charge in [0.2, 0.25) is 0 Å². The Kier molecular flexibility index (Phi) is 3.75. The van der Waals surface area contributed by atoms with Crippen LogP contribution in [-0.4, -0.2) is 5.11 Å². The van der Waals surface area contributed by atoms with Crippen molar-refractivity contribution in [2.24, 2.45) is 5.73 Å². The summed E-state index contributed by atoms with van der Waals surface area (Å²) in [5.41, 5.74) is 6.71. The fraction of sp³-hybridized carbons (Fsp3) is 0.400. The highest BCUT2D eigenvalue weighted by atomic mass is 79.9. The fourth-order valence-electron chi connectivity index (χ4n) is 1.29. The van der Waals surface area contributed by atoms with Crippen molar-refractivity contribution in [2.45, 2.75) is 25.8 Å². The monoisotopic (exact) mass is 243 g/mol. The Morgan fingerprint density at radius 3 is 2.85 bits per heavy atom. The zero-order chi connectivity index (χ0) is 9.84. The second-order valence-corrected chi connectivity index (χ2v) is 4.01. The normalized spacial score (nSPS) is 12.8. The van der Waals surface area contributed by atoms with E-state index >= 15 is 0 Å². The molecule has 0 radical (unpaired) electrons. The molecule has 0 unspecified atom stereocenters.